The van der Waals surface area contributed by atoms with Crippen molar-refractivity contribution >= 4 is 29.2 Å². The third-order valence-corrected chi connectivity index (χ3v) is 6.67. The van der Waals surface area contributed by atoms with E-state index in [0.717, 1.165) is 29.2 Å². The number of thioether (sulfide) groups is 1. The van der Waals surface area contributed by atoms with Crippen LogP contribution < -0.4 is 4.74 Å². The number of esters is 1. The van der Waals surface area contributed by atoms with Crippen LogP contribution in [-0.2, 0) is 14.3 Å². The van der Waals surface area contributed by atoms with Gasteiger partial charge in [0.1, 0.15) is 18.1 Å². The smallest absolute Gasteiger partial charge is 0.336 e. The van der Waals surface area contributed by atoms with E-state index in [1.165, 1.54) is 0 Å². The van der Waals surface area contributed by atoms with Crippen LogP contribution in [0, 0.1) is 11.3 Å². The van der Waals surface area contributed by atoms with E-state index in [4.69, 9.17) is 14.5 Å². The molecule has 5 nitrogen and oxygen atoms in total. The van der Waals surface area contributed by atoms with Crippen molar-refractivity contribution in [3.8, 4) is 5.75 Å². The molecule has 0 aromatic heterocycles. The average molecular weight is 444 g/mol. The molecule has 1 aromatic rings. The quantitative estimate of drug-likeness (QED) is 0.408. The molecule has 31 heavy (non-hydrogen) atoms. The fourth-order valence-corrected chi connectivity index (χ4v) is 5.12. The van der Waals surface area contributed by atoms with E-state index >= 15 is 0 Å². The standard InChI is InChI=1S/C25H33NO4S/c1-6-29-20-11-9-8-10-17(20)22-21(24(28)30-12-13-31-7-2)16(3)26-18-14-25(4,5)15-19(27)23(18)22/h8-11,22-23H,6-7,12-15H2,1-5H3/t22-,23?/m1/s1. The Balaban J connectivity index is 2.08. The Hall–Kier alpha value is -2.08. The number of para-hydroxylation sites is 1. The Morgan fingerprint density at radius 3 is 2.65 bits per heavy atom. The molecule has 3 rings (SSSR count). The van der Waals surface area contributed by atoms with Gasteiger partial charge in [-0.25, -0.2) is 4.79 Å². The summed E-state index contributed by atoms with van der Waals surface area (Å²) in [5, 5.41) is 0. The van der Waals surface area contributed by atoms with Crippen molar-refractivity contribution in [2.75, 3.05) is 24.7 Å². The lowest BCUT2D eigenvalue weighted by Gasteiger charge is -2.41. The molecule has 0 radical (unpaired) electrons. The van der Waals surface area contributed by atoms with E-state index in [1.54, 1.807) is 11.8 Å². The van der Waals surface area contributed by atoms with Crippen LogP contribution in [0.3, 0.4) is 0 Å². The molecule has 1 aliphatic carbocycles. The lowest BCUT2D eigenvalue weighted by molar-refractivity contribution is -0.139. The van der Waals surface area contributed by atoms with E-state index in [9.17, 15) is 9.59 Å². The van der Waals surface area contributed by atoms with Crippen LogP contribution in [0.2, 0.25) is 0 Å². The predicted molar refractivity (Wildman–Crippen MR) is 126 cm³/mol. The summed E-state index contributed by atoms with van der Waals surface area (Å²) in [6.45, 7) is 10.9. The van der Waals surface area contributed by atoms with E-state index < -0.39 is 11.8 Å². The highest BCUT2D eigenvalue weighted by Crippen LogP contribution is 2.48. The summed E-state index contributed by atoms with van der Waals surface area (Å²) in [5.41, 5.74) is 2.71. The zero-order chi connectivity index (χ0) is 22.6. The number of nitrogens with zero attached hydrogens (tertiary/aromatic N) is 1. The SMILES string of the molecule is CCOc1ccccc1[C@@H]1C(C(=O)OCCSCC)=C(C)N=C2CC(C)(C)CC(=O)C21. The zero-order valence-corrected chi connectivity index (χ0v) is 20.0. The van der Waals surface area contributed by atoms with Crippen LogP contribution in [-0.4, -0.2) is 42.2 Å². The van der Waals surface area contributed by atoms with Crippen molar-refractivity contribution in [3.05, 3.63) is 41.1 Å². The molecule has 2 aliphatic rings. The van der Waals surface area contributed by atoms with Crippen LogP contribution in [0.25, 0.3) is 0 Å². The number of ketones is 1. The van der Waals surface area contributed by atoms with Crippen molar-refractivity contribution in [2.24, 2.45) is 16.3 Å². The van der Waals surface area contributed by atoms with Gasteiger partial charge in [0.2, 0.25) is 0 Å². The fraction of sp³-hybridized carbons (Fsp3) is 0.560. The third kappa shape index (κ3) is 5.22. The minimum atomic E-state index is -0.453. The largest absolute Gasteiger partial charge is 0.494 e. The summed E-state index contributed by atoms with van der Waals surface area (Å²) >= 11 is 1.73. The summed E-state index contributed by atoms with van der Waals surface area (Å²) in [4.78, 5) is 31.4. The molecule has 6 heteroatoms. The minimum Gasteiger partial charge on any atom is -0.494 e. The van der Waals surface area contributed by atoms with Crippen LogP contribution in [0.15, 0.2) is 40.5 Å². The summed E-state index contributed by atoms with van der Waals surface area (Å²) in [6.07, 6.45) is 1.21. The number of benzene rings is 1. The van der Waals surface area contributed by atoms with Crippen LogP contribution >= 0.6 is 11.8 Å². The Morgan fingerprint density at radius 2 is 1.94 bits per heavy atom. The van der Waals surface area contributed by atoms with Gasteiger partial charge in [-0.15, -0.1) is 0 Å². The van der Waals surface area contributed by atoms with E-state index in [-0.39, 0.29) is 17.2 Å². The average Bonchev–Trinajstić information content (AvgIpc) is 2.70. The Morgan fingerprint density at radius 1 is 1.19 bits per heavy atom. The lowest BCUT2D eigenvalue weighted by Crippen LogP contribution is -2.44. The first kappa shape index (κ1) is 23.6. The van der Waals surface area contributed by atoms with Gasteiger partial charge in [0.05, 0.1) is 18.1 Å². The van der Waals surface area contributed by atoms with Crippen LogP contribution in [0.1, 0.15) is 58.9 Å². The van der Waals surface area contributed by atoms with Gasteiger partial charge in [-0.2, -0.15) is 11.8 Å². The maximum absolute atomic E-state index is 13.4. The maximum Gasteiger partial charge on any atom is 0.336 e. The highest BCUT2D eigenvalue weighted by Gasteiger charge is 2.48. The number of hydrogen-bond acceptors (Lipinski definition) is 6. The number of allylic oxidation sites excluding steroid dienone is 1. The molecule has 1 unspecified atom stereocenters. The van der Waals surface area contributed by atoms with Crippen LogP contribution in [0.4, 0.5) is 0 Å². The first-order chi connectivity index (χ1) is 14.8. The summed E-state index contributed by atoms with van der Waals surface area (Å²) < 4.78 is 11.5. The van der Waals surface area contributed by atoms with Crippen molar-refractivity contribution in [1.82, 2.24) is 0 Å². The number of carbonyl (C=O) groups excluding carboxylic acids is 2. The van der Waals surface area contributed by atoms with Gasteiger partial charge in [0.15, 0.2) is 0 Å². The van der Waals surface area contributed by atoms with Crippen molar-refractivity contribution in [3.63, 3.8) is 0 Å². The fourth-order valence-electron chi connectivity index (χ4n) is 4.63. The van der Waals surface area contributed by atoms with Gasteiger partial charge >= 0.3 is 5.97 Å². The number of rotatable bonds is 8. The monoisotopic (exact) mass is 443 g/mol. The second-order valence-corrected chi connectivity index (χ2v) is 10.2. The van der Waals surface area contributed by atoms with Crippen LogP contribution in [0.5, 0.6) is 5.75 Å². The van der Waals surface area contributed by atoms with Gasteiger partial charge in [-0.1, -0.05) is 39.0 Å². The molecule has 1 aromatic carbocycles. The summed E-state index contributed by atoms with van der Waals surface area (Å²) in [6, 6.07) is 7.70. The zero-order valence-electron chi connectivity index (χ0n) is 19.2. The molecule has 0 N–H and O–H groups in total. The molecule has 168 valence electrons. The number of aliphatic imine (C=N–C) groups is 1. The molecule has 0 saturated heterocycles. The highest BCUT2D eigenvalue weighted by atomic mass is 32.2. The molecule has 1 fully saturated rings. The van der Waals surface area contributed by atoms with Gasteiger partial charge < -0.3 is 9.47 Å². The second kappa shape index (κ2) is 10.0. The maximum atomic E-state index is 13.4. The number of carbonyl (C=O) groups is 2. The van der Waals surface area contributed by atoms with Gasteiger partial charge in [0, 0.05) is 35.1 Å². The topological polar surface area (TPSA) is 65.0 Å². The van der Waals surface area contributed by atoms with Crippen molar-refractivity contribution in [1.29, 1.82) is 0 Å². The molecule has 0 spiro atoms. The summed E-state index contributed by atoms with van der Waals surface area (Å²) in [5.74, 6) is 1.28. The normalized spacial score (nSPS) is 22.6. The Kier molecular flexibility index (Phi) is 7.63. The van der Waals surface area contributed by atoms with E-state index in [0.29, 0.717) is 36.7 Å². The molecule has 0 bridgehead atoms. The first-order valence-corrected chi connectivity index (χ1v) is 12.2. The van der Waals surface area contributed by atoms with Gasteiger partial charge in [-0.3, -0.25) is 9.79 Å². The van der Waals surface area contributed by atoms with Gasteiger partial charge in [-0.05, 0) is 37.5 Å². The lowest BCUT2D eigenvalue weighted by atomic mass is 9.63. The molecule has 1 heterocycles. The molecule has 1 aliphatic heterocycles. The van der Waals surface area contributed by atoms with Crippen molar-refractivity contribution in [2.45, 2.75) is 53.4 Å². The molecule has 1 saturated carbocycles. The van der Waals surface area contributed by atoms with E-state index in [1.807, 2.05) is 38.1 Å². The highest BCUT2D eigenvalue weighted by molar-refractivity contribution is 7.99. The number of Topliss-reactive ketones (excluding diaryl/α,β-unsaturated/α-hetero) is 1. The predicted octanol–water partition coefficient (Wildman–Crippen LogP) is 5.20. The first-order valence-electron chi connectivity index (χ1n) is 11.1. The second-order valence-electron chi connectivity index (χ2n) is 8.85. The number of hydrogen-bond donors (Lipinski definition) is 0. The molecular weight excluding hydrogens is 410 g/mol. The van der Waals surface area contributed by atoms with E-state index in [2.05, 4.69) is 20.8 Å². The molecular formula is C25H33NO4S. The minimum absolute atomic E-state index is 0.130. The molecule has 0 amide bonds. The number of ether oxygens (including phenoxy) is 2. The number of fused-ring (bicyclic) bond motifs is 1. The molecule has 2 atom stereocenters. The van der Waals surface area contributed by atoms with Gasteiger partial charge in [0.25, 0.3) is 0 Å². The summed E-state index contributed by atoms with van der Waals surface area (Å²) in [7, 11) is 0. The Labute approximate surface area is 189 Å². The third-order valence-electron chi connectivity index (χ3n) is 5.80. The van der Waals surface area contributed by atoms with Crippen molar-refractivity contribution < 1.29 is 19.1 Å². The Bertz CT molecular complexity index is 903.